The zero-order valence-electron chi connectivity index (χ0n) is 11.3. The van der Waals surface area contributed by atoms with Crippen molar-refractivity contribution in [1.29, 1.82) is 0 Å². The second-order valence-corrected chi connectivity index (χ2v) is 4.45. The topological polar surface area (TPSA) is 81.4 Å². The summed E-state index contributed by atoms with van der Waals surface area (Å²) in [6.07, 6.45) is 7.79. The Morgan fingerprint density at radius 2 is 2.32 bits per heavy atom. The maximum Gasteiger partial charge on any atom is 0.326 e. The van der Waals surface area contributed by atoms with E-state index in [4.69, 9.17) is 10.5 Å². The van der Waals surface area contributed by atoms with E-state index >= 15 is 0 Å². The van der Waals surface area contributed by atoms with E-state index in [1.54, 1.807) is 13.0 Å². The van der Waals surface area contributed by atoms with Gasteiger partial charge in [-0.25, -0.2) is 0 Å². The van der Waals surface area contributed by atoms with E-state index in [9.17, 15) is 9.59 Å². The average Bonchev–Trinajstić information content (AvgIpc) is 2.54. The summed E-state index contributed by atoms with van der Waals surface area (Å²) in [5.74, 6) is -0.306. The summed E-state index contributed by atoms with van der Waals surface area (Å²) in [5, 5.41) is 2.96. The molecule has 1 saturated heterocycles. The fourth-order valence-corrected chi connectivity index (χ4v) is 1.93. The van der Waals surface area contributed by atoms with Gasteiger partial charge >= 0.3 is 5.97 Å². The van der Waals surface area contributed by atoms with Crippen molar-refractivity contribution in [1.82, 2.24) is 5.32 Å². The van der Waals surface area contributed by atoms with Gasteiger partial charge in [0.2, 0.25) is 5.91 Å². The Balaban J connectivity index is 0.00000324. The van der Waals surface area contributed by atoms with Crippen LogP contribution in [-0.2, 0) is 14.3 Å². The third kappa shape index (κ3) is 7.18. The first-order valence-electron chi connectivity index (χ1n) is 6.51. The molecule has 0 aromatic carbocycles. The van der Waals surface area contributed by atoms with Crippen molar-refractivity contribution in [2.45, 2.75) is 51.1 Å². The summed E-state index contributed by atoms with van der Waals surface area (Å²) in [7, 11) is 0. The molecule has 5 nitrogen and oxygen atoms in total. The first-order chi connectivity index (χ1) is 8.63. The minimum Gasteiger partial charge on any atom is -0.465 e. The van der Waals surface area contributed by atoms with E-state index in [2.05, 4.69) is 5.32 Å². The largest absolute Gasteiger partial charge is 0.465 e. The SMILES string of the molecule is CCOC(=O)C(N)/C=C/CC1CCCCC(=O)N1.Cl. The predicted molar refractivity (Wildman–Crippen MR) is 76.0 cm³/mol. The van der Waals surface area contributed by atoms with Gasteiger partial charge in [-0.2, -0.15) is 0 Å². The minimum absolute atomic E-state index is 0. The maximum absolute atomic E-state index is 11.3. The fourth-order valence-electron chi connectivity index (χ4n) is 1.93. The Bertz CT molecular complexity index is 321. The lowest BCUT2D eigenvalue weighted by Gasteiger charge is -2.13. The molecule has 0 aliphatic carbocycles. The molecule has 110 valence electrons. The molecule has 2 atom stereocenters. The molecule has 1 rings (SSSR count). The van der Waals surface area contributed by atoms with Gasteiger partial charge in [0.1, 0.15) is 6.04 Å². The number of carbonyl (C=O) groups excluding carboxylic acids is 2. The zero-order chi connectivity index (χ0) is 13.4. The lowest BCUT2D eigenvalue weighted by Crippen LogP contribution is -2.33. The highest BCUT2D eigenvalue weighted by atomic mass is 35.5. The summed E-state index contributed by atoms with van der Waals surface area (Å²) >= 11 is 0. The third-order valence-electron chi connectivity index (χ3n) is 2.89. The summed E-state index contributed by atoms with van der Waals surface area (Å²) in [5.41, 5.74) is 5.63. The van der Waals surface area contributed by atoms with Crippen molar-refractivity contribution < 1.29 is 14.3 Å². The molecule has 0 aromatic heterocycles. The van der Waals surface area contributed by atoms with Crippen LogP contribution in [0.5, 0.6) is 0 Å². The molecular weight excluding hydrogens is 268 g/mol. The summed E-state index contributed by atoms with van der Waals surface area (Å²) in [6.45, 7) is 2.08. The molecular formula is C13H23ClN2O3. The predicted octanol–water partition coefficient (Wildman–Crippen LogP) is 1.30. The molecule has 2 unspecified atom stereocenters. The Morgan fingerprint density at radius 3 is 3.00 bits per heavy atom. The number of hydrogen-bond donors (Lipinski definition) is 2. The summed E-state index contributed by atoms with van der Waals surface area (Å²) in [6, 6.07) is -0.558. The van der Waals surface area contributed by atoms with Gasteiger partial charge < -0.3 is 15.8 Å². The molecule has 6 heteroatoms. The Kier molecular flexibility index (Phi) is 9.26. The number of nitrogens with two attached hydrogens (primary N) is 1. The van der Waals surface area contributed by atoms with Crippen LogP contribution < -0.4 is 11.1 Å². The Morgan fingerprint density at radius 1 is 1.58 bits per heavy atom. The van der Waals surface area contributed by atoms with Gasteiger partial charge in [0.15, 0.2) is 0 Å². The lowest BCUT2D eigenvalue weighted by atomic mass is 10.1. The van der Waals surface area contributed by atoms with Crippen LogP contribution in [0.1, 0.15) is 39.0 Å². The van der Waals surface area contributed by atoms with Crippen molar-refractivity contribution in [2.24, 2.45) is 5.73 Å². The number of nitrogens with one attached hydrogen (secondary N) is 1. The number of carbonyl (C=O) groups is 2. The Labute approximate surface area is 120 Å². The fraction of sp³-hybridized carbons (Fsp3) is 0.692. The van der Waals surface area contributed by atoms with Gasteiger partial charge in [-0.15, -0.1) is 12.4 Å². The number of rotatable bonds is 5. The van der Waals surface area contributed by atoms with Crippen LogP contribution in [0.2, 0.25) is 0 Å². The van der Waals surface area contributed by atoms with Gasteiger partial charge in [0.25, 0.3) is 0 Å². The summed E-state index contributed by atoms with van der Waals surface area (Å²) < 4.78 is 4.80. The van der Waals surface area contributed by atoms with Gasteiger partial charge in [0.05, 0.1) is 6.61 Å². The Hall–Kier alpha value is -1.07. The second kappa shape index (κ2) is 9.81. The van der Waals surface area contributed by atoms with E-state index in [-0.39, 0.29) is 24.4 Å². The van der Waals surface area contributed by atoms with Crippen molar-refractivity contribution >= 4 is 24.3 Å². The number of amides is 1. The molecule has 0 bridgehead atoms. The van der Waals surface area contributed by atoms with Gasteiger partial charge in [-0.3, -0.25) is 9.59 Å². The van der Waals surface area contributed by atoms with E-state index in [0.29, 0.717) is 19.4 Å². The third-order valence-corrected chi connectivity index (χ3v) is 2.89. The van der Waals surface area contributed by atoms with E-state index in [1.165, 1.54) is 0 Å². The molecule has 0 aromatic rings. The molecule has 1 amide bonds. The number of halogens is 1. The maximum atomic E-state index is 11.3. The molecule has 3 N–H and O–H groups in total. The van der Waals surface area contributed by atoms with E-state index in [0.717, 1.165) is 19.3 Å². The smallest absolute Gasteiger partial charge is 0.326 e. The van der Waals surface area contributed by atoms with Crippen molar-refractivity contribution in [2.75, 3.05) is 6.61 Å². The monoisotopic (exact) mass is 290 g/mol. The molecule has 1 heterocycles. The molecule has 0 radical (unpaired) electrons. The average molecular weight is 291 g/mol. The standard InChI is InChI=1S/C13H22N2O3.ClH/c1-2-18-13(17)11(14)8-5-7-10-6-3-4-9-12(16)15-10;/h5,8,10-11H,2-4,6-7,9,14H2,1H3,(H,15,16);1H/b8-5+;. The molecule has 1 fully saturated rings. The van der Waals surface area contributed by atoms with Crippen LogP contribution in [0.3, 0.4) is 0 Å². The van der Waals surface area contributed by atoms with Crippen molar-refractivity contribution in [3.63, 3.8) is 0 Å². The molecule has 0 spiro atoms. The normalized spacial score (nSPS) is 21.2. The highest BCUT2D eigenvalue weighted by molar-refractivity contribution is 5.85. The van der Waals surface area contributed by atoms with Gasteiger partial charge in [-0.05, 0) is 26.2 Å². The van der Waals surface area contributed by atoms with Crippen LogP contribution in [0.4, 0.5) is 0 Å². The number of ether oxygens (including phenoxy) is 1. The van der Waals surface area contributed by atoms with Crippen molar-refractivity contribution in [3.05, 3.63) is 12.2 Å². The van der Waals surface area contributed by atoms with Crippen LogP contribution in [-0.4, -0.2) is 30.6 Å². The van der Waals surface area contributed by atoms with Crippen LogP contribution in [0.15, 0.2) is 12.2 Å². The summed E-state index contributed by atoms with van der Waals surface area (Å²) in [4.78, 5) is 22.6. The molecule has 1 aliphatic rings. The zero-order valence-corrected chi connectivity index (χ0v) is 12.1. The van der Waals surface area contributed by atoms with E-state index in [1.807, 2.05) is 6.08 Å². The van der Waals surface area contributed by atoms with Crippen LogP contribution >= 0.6 is 12.4 Å². The quantitative estimate of drug-likeness (QED) is 0.591. The number of hydrogen-bond acceptors (Lipinski definition) is 4. The van der Waals surface area contributed by atoms with Crippen molar-refractivity contribution in [3.8, 4) is 0 Å². The molecule has 19 heavy (non-hydrogen) atoms. The van der Waals surface area contributed by atoms with Gasteiger partial charge in [-0.1, -0.05) is 18.6 Å². The van der Waals surface area contributed by atoms with E-state index < -0.39 is 12.0 Å². The number of esters is 1. The van der Waals surface area contributed by atoms with Crippen LogP contribution in [0.25, 0.3) is 0 Å². The van der Waals surface area contributed by atoms with Gasteiger partial charge in [0, 0.05) is 12.5 Å². The minimum atomic E-state index is -0.716. The lowest BCUT2D eigenvalue weighted by molar-refractivity contribution is -0.143. The highest BCUT2D eigenvalue weighted by Crippen LogP contribution is 2.12. The second-order valence-electron chi connectivity index (χ2n) is 4.45. The molecule has 1 aliphatic heterocycles. The first-order valence-corrected chi connectivity index (χ1v) is 6.51. The molecule has 0 saturated carbocycles. The highest BCUT2D eigenvalue weighted by Gasteiger charge is 2.15. The first kappa shape index (κ1) is 17.9. The van der Waals surface area contributed by atoms with Crippen LogP contribution in [0, 0.1) is 0 Å².